The standard InChI is InChI=1S/C18H22O2/c1-9-7-15(19)13(5)17(11(9)3)18-12(4)10(2)8-16(20)14(18)6/h7-8,19-20H,1-6H3. The Labute approximate surface area is 120 Å². The maximum Gasteiger partial charge on any atom is 0.119 e. The monoisotopic (exact) mass is 270 g/mol. The van der Waals surface area contributed by atoms with Gasteiger partial charge in [-0.3, -0.25) is 0 Å². The molecule has 0 aliphatic carbocycles. The average molecular weight is 270 g/mol. The van der Waals surface area contributed by atoms with Crippen molar-refractivity contribution in [3.8, 4) is 22.6 Å². The number of benzene rings is 2. The molecular weight excluding hydrogens is 248 g/mol. The molecular formula is C18H22O2. The van der Waals surface area contributed by atoms with Crippen LogP contribution in [-0.4, -0.2) is 10.2 Å². The molecule has 0 fully saturated rings. The van der Waals surface area contributed by atoms with Gasteiger partial charge in [0.1, 0.15) is 11.5 Å². The molecule has 0 unspecified atom stereocenters. The molecule has 0 amide bonds. The molecule has 0 heterocycles. The lowest BCUT2D eigenvalue weighted by molar-refractivity contribution is 0.469. The van der Waals surface area contributed by atoms with Gasteiger partial charge in [-0.2, -0.15) is 0 Å². The smallest absolute Gasteiger partial charge is 0.119 e. The van der Waals surface area contributed by atoms with Crippen LogP contribution in [0.5, 0.6) is 11.5 Å². The third-order valence-corrected chi connectivity index (χ3v) is 4.41. The summed E-state index contributed by atoms with van der Waals surface area (Å²) in [6.07, 6.45) is 0. The molecule has 0 spiro atoms. The largest absolute Gasteiger partial charge is 0.508 e. The molecule has 0 bridgehead atoms. The van der Waals surface area contributed by atoms with Crippen molar-refractivity contribution in [2.75, 3.05) is 0 Å². The number of aromatic hydroxyl groups is 2. The van der Waals surface area contributed by atoms with Crippen LogP contribution in [0.15, 0.2) is 12.1 Å². The molecule has 2 N–H and O–H groups in total. The highest BCUT2D eigenvalue weighted by Gasteiger charge is 2.18. The van der Waals surface area contributed by atoms with E-state index < -0.39 is 0 Å². The van der Waals surface area contributed by atoms with Gasteiger partial charge in [0.2, 0.25) is 0 Å². The summed E-state index contributed by atoms with van der Waals surface area (Å²) < 4.78 is 0. The second kappa shape index (κ2) is 4.86. The Balaban J connectivity index is 2.96. The van der Waals surface area contributed by atoms with Crippen molar-refractivity contribution >= 4 is 0 Å². The van der Waals surface area contributed by atoms with E-state index in [1.165, 1.54) is 0 Å². The Morgan fingerprint density at radius 2 is 0.850 bits per heavy atom. The molecule has 2 aromatic rings. The number of hydrogen-bond acceptors (Lipinski definition) is 2. The van der Waals surface area contributed by atoms with Crippen LogP contribution < -0.4 is 0 Å². The van der Waals surface area contributed by atoms with E-state index in [2.05, 4.69) is 13.8 Å². The zero-order valence-corrected chi connectivity index (χ0v) is 13.0. The Morgan fingerprint density at radius 1 is 0.550 bits per heavy atom. The summed E-state index contributed by atoms with van der Waals surface area (Å²) in [4.78, 5) is 0. The first-order chi connectivity index (χ1) is 9.25. The highest BCUT2D eigenvalue weighted by atomic mass is 16.3. The molecule has 0 aliphatic heterocycles. The van der Waals surface area contributed by atoms with Crippen LogP contribution >= 0.6 is 0 Å². The van der Waals surface area contributed by atoms with E-state index in [4.69, 9.17) is 0 Å². The topological polar surface area (TPSA) is 40.5 Å². The minimum Gasteiger partial charge on any atom is -0.508 e. The van der Waals surface area contributed by atoms with Crippen LogP contribution in [0.3, 0.4) is 0 Å². The molecule has 0 aromatic heterocycles. The van der Waals surface area contributed by atoms with Crippen LogP contribution in [0.25, 0.3) is 11.1 Å². The second-order valence-electron chi connectivity index (χ2n) is 5.68. The van der Waals surface area contributed by atoms with Crippen molar-refractivity contribution < 1.29 is 10.2 Å². The van der Waals surface area contributed by atoms with Crippen LogP contribution in [0.2, 0.25) is 0 Å². The summed E-state index contributed by atoms with van der Waals surface area (Å²) in [5.74, 6) is 0.616. The molecule has 2 nitrogen and oxygen atoms in total. The van der Waals surface area contributed by atoms with E-state index in [9.17, 15) is 10.2 Å². The summed E-state index contributed by atoms with van der Waals surface area (Å²) in [6, 6.07) is 3.60. The first-order valence-electron chi connectivity index (χ1n) is 6.85. The van der Waals surface area contributed by atoms with Crippen LogP contribution in [-0.2, 0) is 0 Å². The van der Waals surface area contributed by atoms with Crippen molar-refractivity contribution in [1.82, 2.24) is 0 Å². The van der Waals surface area contributed by atoms with E-state index in [-0.39, 0.29) is 0 Å². The van der Waals surface area contributed by atoms with Gasteiger partial charge in [-0.05, 0) is 98.2 Å². The fraction of sp³-hybridized carbons (Fsp3) is 0.333. The Hall–Kier alpha value is -1.96. The predicted molar refractivity (Wildman–Crippen MR) is 83.6 cm³/mol. The van der Waals surface area contributed by atoms with Crippen LogP contribution in [0.1, 0.15) is 33.4 Å². The summed E-state index contributed by atoms with van der Waals surface area (Å²) >= 11 is 0. The van der Waals surface area contributed by atoms with Crippen molar-refractivity contribution in [3.63, 3.8) is 0 Å². The summed E-state index contributed by atoms with van der Waals surface area (Å²) in [6.45, 7) is 12.0. The second-order valence-corrected chi connectivity index (χ2v) is 5.68. The van der Waals surface area contributed by atoms with Gasteiger partial charge in [0.15, 0.2) is 0 Å². The first kappa shape index (κ1) is 14.4. The van der Waals surface area contributed by atoms with Gasteiger partial charge >= 0.3 is 0 Å². The molecule has 2 aromatic carbocycles. The maximum absolute atomic E-state index is 10.1. The van der Waals surface area contributed by atoms with Gasteiger partial charge in [0.25, 0.3) is 0 Å². The lowest BCUT2D eigenvalue weighted by Gasteiger charge is -2.20. The molecule has 2 rings (SSSR count). The highest BCUT2D eigenvalue weighted by molar-refractivity contribution is 5.81. The van der Waals surface area contributed by atoms with E-state index in [1.54, 1.807) is 12.1 Å². The molecule has 20 heavy (non-hydrogen) atoms. The maximum atomic E-state index is 10.1. The van der Waals surface area contributed by atoms with E-state index in [0.29, 0.717) is 11.5 Å². The number of aryl methyl sites for hydroxylation is 2. The first-order valence-corrected chi connectivity index (χ1v) is 6.85. The SMILES string of the molecule is Cc1cc(O)c(C)c(-c2c(C)c(C)cc(O)c2C)c1C. The molecule has 0 saturated heterocycles. The highest BCUT2D eigenvalue weighted by Crippen LogP contribution is 2.41. The minimum absolute atomic E-state index is 0.308. The Kier molecular flexibility index (Phi) is 3.51. The van der Waals surface area contributed by atoms with Crippen molar-refractivity contribution in [2.24, 2.45) is 0 Å². The molecule has 0 radical (unpaired) electrons. The number of hydrogen-bond donors (Lipinski definition) is 2. The Morgan fingerprint density at radius 3 is 1.15 bits per heavy atom. The van der Waals surface area contributed by atoms with E-state index in [1.807, 2.05) is 27.7 Å². The Bertz CT molecular complexity index is 584. The normalized spacial score (nSPS) is 10.9. The number of phenols is 2. The van der Waals surface area contributed by atoms with Crippen molar-refractivity contribution in [3.05, 3.63) is 45.5 Å². The number of rotatable bonds is 1. The van der Waals surface area contributed by atoms with E-state index in [0.717, 1.165) is 44.5 Å². The van der Waals surface area contributed by atoms with Gasteiger partial charge in [0, 0.05) is 0 Å². The predicted octanol–water partition coefficient (Wildman–Crippen LogP) is 4.62. The summed E-state index contributed by atoms with van der Waals surface area (Å²) in [5, 5.41) is 20.2. The lowest BCUT2D eigenvalue weighted by atomic mass is 9.85. The van der Waals surface area contributed by atoms with Crippen LogP contribution in [0.4, 0.5) is 0 Å². The fourth-order valence-corrected chi connectivity index (χ4v) is 2.81. The molecule has 0 atom stereocenters. The fourth-order valence-electron chi connectivity index (χ4n) is 2.81. The average Bonchev–Trinajstić information content (AvgIpc) is 2.38. The minimum atomic E-state index is 0.308. The van der Waals surface area contributed by atoms with Crippen molar-refractivity contribution in [2.45, 2.75) is 41.5 Å². The van der Waals surface area contributed by atoms with E-state index >= 15 is 0 Å². The van der Waals surface area contributed by atoms with Crippen molar-refractivity contribution in [1.29, 1.82) is 0 Å². The molecule has 0 aliphatic rings. The summed E-state index contributed by atoms with van der Waals surface area (Å²) in [7, 11) is 0. The zero-order chi connectivity index (χ0) is 15.2. The number of phenolic OH excluding ortho intramolecular Hbond substituents is 2. The van der Waals surface area contributed by atoms with Gasteiger partial charge in [0.05, 0.1) is 0 Å². The van der Waals surface area contributed by atoms with Gasteiger partial charge in [-0.1, -0.05) is 0 Å². The van der Waals surface area contributed by atoms with Gasteiger partial charge in [-0.15, -0.1) is 0 Å². The van der Waals surface area contributed by atoms with Gasteiger partial charge in [-0.25, -0.2) is 0 Å². The molecule has 0 saturated carbocycles. The van der Waals surface area contributed by atoms with Gasteiger partial charge < -0.3 is 10.2 Å². The lowest BCUT2D eigenvalue weighted by Crippen LogP contribution is -1.98. The zero-order valence-electron chi connectivity index (χ0n) is 13.0. The molecule has 2 heteroatoms. The van der Waals surface area contributed by atoms with Crippen LogP contribution in [0, 0.1) is 41.5 Å². The quantitative estimate of drug-likeness (QED) is 0.794. The summed E-state index contributed by atoms with van der Waals surface area (Å²) in [5.41, 5.74) is 8.22. The molecule has 106 valence electrons. The third-order valence-electron chi connectivity index (χ3n) is 4.41. The third kappa shape index (κ3) is 2.05.